The molecule has 0 bridgehead atoms. The Morgan fingerprint density at radius 3 is 2.69 bits per heavy atom. The van der Waals surface area contributed by atoms with Gasteiger partial charge < -0.3 is 5.11 Å². The molecule has 1 heterocycles. The van der Waals surface area contributed by atoms with E-state index in [1.54, 1.807) is 0 Å². The molecule has 0 amide bonds. The van der Waals surface area contributed by atoms with Crippen molar-refractivity contribution in [1.29, 1.82) is 0 Å². The van der Waals surface area contributed by atoms with Crippen molar-refractivity contribution >= 4 is 6.09 Å². The molecule has 0 fully saturated rings. The molecule has 0 saturated heterocycles. The molecule has 0 radical (unpaired) electrons. The van der Waals surface area contributed by atoms with Crippen molar-refractivity contribution in [2.75, 3.05) is 0 Å². The number of nitrogens with zero attached hydrogens (tertiary/aromatic N) is 2. The summed E-state index contributed by atoms with van der Waals surface area (Å²) in [5.74, 6) is 0.597. The van der Waals surface area contributed by atoms with Gasteiger partial charge in [-0.25, -0.2) is 14.3 Å². The van der Waals surface area contributed by atoms with Crippen LogP contribution >= 0.6 is 0 Å². The van der Waals surface area contributed by atoms with Gasteiger partial charge in [0.2, 0.25) is 0 Å². The molecule has 4 heteroatoms. The Hall–Kier alpha value is -1.32. The summed E-state index contributed by atoms with van der Waals surface area (Å²) in [6, 6.07) is 0. The van der Waals surface area contributed by atoms with E-state index in [2.05, 4.69) is 4.98 Å². The van der Waals surface area contributed by atoms with Gasteiger partial charge in [0.15, 0.2) is 0 Å². The second kappa shape index (κ2) is 3.20. The first-order valence-electron chi connectivity index (χ1n) is 4.16. The van der Waals surface area contributed by atoms with Crippen LogP contribution in [0.1, 0.15) is 26.6 Å². The average molecular weight is 182 g/mol. The highest BCUT2D eigenvalue weighted by atomic mass is 16.4. The normalized spacial score (nSPS) is 11.6. The second-order valence-corrected chi connectivity index (χ2v) is 4.23. The topological polar surface area (TPSA) is 55.1 Å². The van der Waals surface area contributed by atoms with Crippen molar-refractivity contribution < 1.29 is 9.90 Å². The molecule has 1 rings (SSSR count). The summed E-state index contributed by atoms with van der Waals surface area (Å²) >= 11 is 0. The maximum absolute atomic E-state index is 10.7. The number of hydrogen-bond acceptors (Lipinski definition) is 2. The molecule has 13 heavy (non-hydrogen) atoms. The van der Waals surface area contributed by atoms with Crippen LogP contribution in [0.5, 0.6) is 0 Å². The summed E-state index contributed by atoms with van der Waals surface area (Å²) in [6.45, 7) is 6.15. The predicted octanol–water partition coefficient (Wildman–Crippen LogP) is 2.00. The Morgan fingerprint density at radius 2 is 2.23 bits per heavy atom. The average Bonchev–Trinajstić information content (AvgIpc) is 2.31. The van der Waals surface area contributed by atoms with Gasteiger partial charge in [0.1, 0.15) is 5.82 Å². The lowest BCUT2D eigenvalue weighted by Crippen LogP contribution is -2.17. The highest BCUT2D eigenvalue weighted by Gasteiger charge is 2.17. The van der Waals surface area contributed by atoms with E-state index in [0.717, 1.165) is 4.57 Å². The first-order chi connectivity index (χ1) is 5.90. The van der Waals surface area contributed by atoms with Gasteiger partial charge in [0, 0.05) is 18.8 Å². The van der Waals surface area contributed by atoms with Gasteiger partial charge in [-0.1, -0.05) is 20.8 Å². The first kappa shape index (κ1) is 9.77. The monoisotopic (exact) mass is 182 g/mol. The smallest absolute Gasteiger partial charge is 0.416 e. The Labute approximate surface area is 77.2 Å². The van der Waals surface area contributed by atoms with Crippen molar-refractivity contribution in [2.45, 2.75) is 27.2 Å². The minimum absolute atomic E-state index is 0.0541. The zero-order valence-corrected chi connectivity index (χ0v) is 8.11. The molecule has 1 aromatic rings. The maximum atomic E-state index is 10.7. The highest BCUT2D eigenvalue weighted by molar-refractivity contribution is 5.68. The molecule has 4 nitrogen and oxygen atoms in total. The van der Waals surface area contributed by atoms with Crippen LogP contribution in [0, 0.1) is 5.41 Å². The Kier molecular flexibility index (Phi) is 2.40. The van der Waals surface area contributed by atoms with E-state index in [4.69, 9.17) is 5.11 Å². The lowest BCUT2D eigenvalue weighted by molar-refractivity contribution is 0.194. The molecule has 0 aliphatic heterocycles. The van der Waals surface area contributed by atoms with Crippen molar-refractivity contribution in [2.24, 2.45) is 5.41 Å². The lowest BCUT2D eigenvalue weighted by Gasteiger charge is -2.16. The lowest BCUT2D eigenvalue weighted by atomic mass is 9.92. The quantitative estimate of drug-likeness (QED) is 0.722. The van der Waals surface area contributed by atoms with Crippen LogP contribution in [0.15, 0.2) is 12.4 Å². The first-order valence-corrected chi connectivity index (χ1v) is 4.16. The SMILES string of the molecule is CC(C)(C)Cc1nccn1C(=O)O. The zero-order valence-electron chi connectivity index (χ0n) is 8.11. The van der Waals surface area contributed by atoms with E-state index >= 15 is 0 Å². The number of carbonyl (C=O) groups is 1. The molecular weight excluding hydrogens is 168 g/mol. The van der Waals surface area contributed by atoms with E-state index in [0.29, 0.717) is 12.2 Å². The minimum Gasteiger partial charge on any atom is -0.464 e. The molecule has 0 aromatic carbocycles. The third kappa shape index (κ3) is 2.57. The Balaban J connectivity index is 2.89. The molecule has 0 saturated carbocycles. The standard InChI is InChI=1S/C9H14N2O2/c1-9(2,3)6-7-10-4-5-11(7)8(12)13/h4-5H,6H2,1-3H3,(H,12,13). The van der Waals surface area contributed by atoms with E-state index in [-0.39, 0.29) is 5.41 Å². The van der Waals surface area contributed by atoms with Crippen LogP contribution in [0.2, 0.25) is 0 Å². The van der Waals surface area contributed by atoms with Crippen LogP contribution in [0.25, 0.3) is 0 Å². The molecule has 0 aliphatic carbocycles. The fraction of sp³-hybridized carbons (Fsp3) is 0.556. The third-order valence-electron chi connectivity index (χ3n) is 1.61. The third-order valence-corrected chi connectivity index (χ3v) is 1.61. The highest BCUT2D eigenvalue weighted by Crippen LogP contribution is 2.19. The fourth-order valence-corrected chi connectivity index (χ4v) is 1.11. The van der Waals surface area contributed by atoms with Crippen LogP contribution in [-0.4, -0.2) is 20.8 Å². The second-order valence-electron chi connectivity index (χ2n) is 4.23. The van der Waals surface area contributed by atoms with Gasteiger partial charge in [-0.05, 0) is 5.41 Å². The van der Waals surface area contributed by atoms with Crippen LogP contribution in [-0.2, 0) is 6.42 Å². The molecule has 72 valence electrons. The molecule has 0 spiro atoms. The van der Waals surface area contributed by atoms with Crippen molar-refractivity contribution in [1.82, 2.24) is 9.55 Å². The number of carboxylic acid groups (broad SMARTS) is 1. The van der Waals surface area contributed by atoms with E-state index in [1.807, 2.05) is 20.8 Å². The fourth-order valence-electron chi connectivity index (χ4n) is 1.11. The maximum Gasteiger partial charge on any atom is 0.416 e. The Bertz CT molecular complexity index is 310. The summed E-state index contributed by atoms with van der Waals surface area (Å²) in [6.07, 6.45) is 2.65. The van der Waals surface area contributed by atoms with Gasteiger partial charge in [-0.2, -0.15) is 0 Å². The minimum atomic E-state index is -0.975. The van der Waals surface area contributed by atoms with E-state index < -0.39 is 6.09 Å². The van der Waals surface area contributed by atoms with Crippen LogP contribution in [0.3, 0.4) is 0 Å². The van der Waals surface area contributed by atoms with Crippen molar-refractivity contribution in [3.63, 3.8) is 0 Å². The number of hydrogen-bond donors (Lipinski definition) is 1. The van der Waals surface area contributed by atoms with Gasteiger partial charge in [-0.3, -0.25) is 0 Å². The van der Waals surface area contributed by atoms with Gasteiger partial charge in [0.05, 0.1) is 0 Å². The zero-order chi connectivity index (χ0) is 10.1. The summed E-state index contributed by atoms with van der Waals surface area (Å²) in [4.78, 5) is 14.7. The molecule has 1 N–H and O–H groups in total. The van der Waals surface area contributed by atoms with E-state index in [9.17, 15) is 4.79 Å². The molecule has 0 aliphatic rings. The van der Waals surface area contributed by atoms with Crippen molar-refractivity contribution in [3.05, 3.63) is 18.2 Å². The summed E-state index contributed by atoms with van der Waals surface area (Å²) in [7, 11) is 0. The largest absolute Gasteiger partial charge is 0.464 e. The molecular formula is C9H14N2O2. The van der Waals surface area contributed by atoms with Crippen LogP contribution < -0.4 is 0 Å². The van der Waals surface area contributed by atoms with Gasteiger partial charge in [-0.15, -0.1) is 0 Å². The van der Waals surface area contributed by atoms with Crippen molar-refractivity contribution in [3.8, 4) is 0 Å². The van der Waals surface area contributed by atoms with Gasteiger partial charge in [0.25, 0.3) is 0 Å². The predicted molar refractivity (Wildman–Crippen MR) is 48.8 cm³/mol. The molecule has 1 aromatic heterocycles. The summed E-state index contributed by atoms with van der Waals surface area (Å²) in [5, 5.41) is 8.77. The summed E-state index contributed by atoms with van der Waals surface area (Å²) in [5.41, 5.74) is 0.0541. The van der Waals surface area contributed by atoms with E-state index in [1.165, 1.54) is 12.4 Å². The molecule has 0 atom stereocenters. The number of imidazole rings is 1. The number of aromatic nitrogens is 2. The number of rotatable bonds is 1. The molecule has 0 unspecified atom stereocenters. The summed E-state index contributed by atoms with van der Waals surface area (Å²) < 4.78 is 1.16. The van der Waals surface area contributed by atoms with Crippen LogP contribution in [0.4, 0.5) is 4.79 Å². The van der Waals surface area contributed by atoms with Gasteiger partial charge >= 0.3 is 6.09 Å². The Morgan fingerprint density at radius 1 is 1.62 bits per heavy atom.